The third-order valence-corrected chi connectivity index (χ3v) is 3.25. The Morgan fingerprint density at radius 1 is 1.50 bits per heavy atom. The van der Waals surface area contributed by atoms with Crippen molar-refractivity contribution >= 4 is 11.7 Å². The lowest BCUT2D eigenvalue weighted by Crippen LogP contribution is -2.25. The summed E-state index contributed by atoms with van der Waals surface area (Å²) in [7, 11) is 0. The Kier molecular flexibility index (Phi) is 3.84. The van der Waals surface area contributed by atoms with E-state index in [0.717, 1.165) is 24.6 Å². The lowest BCUT2D eigenvalue weighted by atomic mass is 10.1. The molecular weight excluding hydrogens is 226 g/mol. The van der Waals surface area contributed by atoms with E-state index in [1.165, 1.54) is 12.8 Å². The summed E-state index contributed by atoms with van der Waals surface area (Å²) in [4.78, 5) is 16.2. The van der Waals surface area contributed by atoms with Gasteiger partial charge in [-0.2, -0.15) is 0 Å². The average Bonchev–Trinajstić information content (AvgIpc) is 3.12. The topological polar surface area (TPSA) is 68.0 Å². The number of nitrogen functional groups attached to an aromatic ring is 1. The van der Waals surface area contributed by atoms with E-state index in [1.807, 2.05) is 19.9 Å². The van der Waals surface area contributed by atoms with E-state index < -0.39 is 0 Å². The zero-order chi connectivity index (χ0) is 13.1. The fourth-order valence-electron chi connectivity index (χ4n) is 1.90. The number of aromatic nitrogens is 1. The van der Waals surface area contributed by atoms with Gasteiger partial charge in [0, 0.05) is 17.8 Å². The number of rotatable bonds is 5. The maximum absolute atomic E-state index is 12.0. The predicted octanol–water partition coefficient (Wildman–Crippen LogP) is 2.32. The molecule has 1 saturated carbocycles. The van der Waals surface area contributed by atoms with E-state index in [0.29, 0.717) is 11.4 Å². The van der Waals surface area contributed by atoms with Crippen LogP contribution in [0.2, 0.25) is 0 Å². The van der Waals surface area contributed by atoms with E-state index in [1.54, 1.807) is 6.07 Å². The maximum atomic E-state index is 12.0. The molecule has 1 fully saturated rings. The molecule has 0 aliphatic heterocycles. The Bertz CT molecular complexity index is 439. The van der Waals surface area contributed by atoms with Gasteiger partial charge in [-0.25, -0.2) is 4.98 Å². The van der Waals surface area contributed by atoms with Crippen LogP contribution in [0.1, 0.15) is 55.1 Å². The molecule has 4 nitrogen and oxygen atoms in total. The summed E-state index contributed by atoms with van der Waals surface area (Å²) in [5, 5.41) is 2.94. The van der Waals surface area contributed by atoms with Crippen molar-refractivity contribution in [1.82, 2.24) is 10.3 Å². The molecule has 4 heteroatoms. The summed E-state index contributed by atoms with van der Waals surface area (Å²) in [5.41, 5.74) is 7.21. The summed E-state index contributed by atoms with van der Waals surface area (Å²) in [5.74, 6) is 1.46. The van der Waals surface area contributed by atoms with E-state index >= 15 is 0 Å². The molecule has 1 aromatic rings. The molecule has 0 aromatic carbocycles. The number of amides is 1. The summed E-state index contributed by atoms with van der Waals surface area (Å²) in [6, 6.07) is 3.46. The van der Waals surface area contributed by atoms with E-state index in [-0.39, 0.29) is 11.8 Å². The van der Waals surface area contributed by atoms with Gasteiger partial charge in [-0.3, -0.25) is 4.79 Å². The minimum Gasteiger partial charge on any atom is -0.384 e. The molecule has 0 atom stereocenters. The first-order valence-corrected chi connectivity index (χ1v) is 6.62. The lowest BCUT2D eigenvalue weighted by molar-refractivity contribution is 0.0952. The second-order valence-electron chi connectivity index (χ2n) is 5.35. The molecule has 98 valence electrons. The zero-order valence-corrected chi connectivity index (χ0v) is 11.1. The minimum absolute atomic E-state index is 0.0494. The number of nitrogens with two attached hydrogens (primary N) is 1. The Balaban J connectivity index is 1.99. The molecule has 1 heterocycles. The average molecular weight is 247 g/mol. The Hall–Kier alpha value is -1.58. The van der Waals surface area contributed by atoms with Crippen LogP contribution in [-0.2, 0) is 0 Å². The van der Waals surface area contributed by atoms with Crippen LogP contribution in [0.3, 0.4) is 0 Å². The molecule has 0 saturated heterocycles. The van der Waals surface area contributed by atoms with Crippen LogP contribution in [0.4, 0.5) is 5.82 Å². The van der Waals surface area contributed by atoms with Crippen LogP contribution in [0.15, 0.2) is 12.1 Å². The van der Waals surface area contributed by atoms with Crippen molar-refractivity contribution in [3.8, 4) is 0 Å². The molecule has 0 spiro atoms. The number of hydrogen-bond acceptors (Lipinski definition) is 3. The Labute approximate surface area is 108 Å². The fourth-order valence-corrected chi connectivity index (χ4v) is 1.90. The number of hydrogen-bond donors (Lipinski definition) is 2. The first-order valence-electron chi connectivity index (χ1n) is 6.62. The smallest absolute Gasteiger partial charge is 0.251 e. The molecule has 1 amide bonds. The van der Waals surface area contributed by atoms with Gasteiger partial charge in [0.1, 0.15) is 5.82 Å². The van der Waals surface area contributed by atoms with Gasteiger partial charge in [0.15, 0.2) is 0 Å². The van der Waals surface area contributed by atoms with E-state index in [9.17, 15) is 4.79 Å². The van der Waals surface area contributed by atoms with Gasteiger partial charge in [0.25, 0.3) is 5.91 Å². The second kappa shape index (κ2) is 5.38. The molecule has 18 heavy (non-hydrogen) atoms. The van der Waals surface area contributed by atoms with Gasteiger partial charge in [-0.05, 0) is 30.4 Å². The van der Waals surface area contributed by atoms with Crippen LogP contribution in [0.25, 0.3) is 0 Å². The molecule has 0 radical (unpaired) electrons. The molecule has 0 unspecified atom stereocenters. The van der Waals surface area contributed by atoms with Crippen molar-refractivity contribution in [2.45, 2.75) is 39.0 Å². The maximum Gasteiger partial charge on any atom is 0.251 e. The highest BCUT2D eigenvalue weighted by Gasteiger charge is 2.20. The van der Waals surface area contributed by atoms with Crippen molar-refractivity contribution in [1.29, 1.82) is 0 Å². The molecule has 1 aromatic heterocycles. The van der Waals surface area contributed by atoms with Gasteiger partial charge < -0.3 is 11.1 Å². The van der Waals surface area contributed by atoms with Crippen molar-refractivity contribution in [2.24, 2.45) is 5.92 Å². The SMILES string of the molecule is CC(C)c1cc(C(=O)NCCC2CC2)cc(N)n1. The Morgan fingerprint density at radius 2 is 2.22 bits per heavy atom. The first-order chi connectivity index (χ1) is 8.56. The monoisotopic (exact) mass is 247 g/mol. The van der Waals surface area contributed by atoms with Gasteiger partial charge in [0.2, 0.25) is 0 Å². The minimum atomic E-state index is -0.0494. The van der Waals surface area contributed by atoms with Gasteiger partial charge in [-0.1, -0.05) is 26.7 Å². The van der Waals surface area contributed by atoms with Crippen molar-refractivity contribution in [2.75, 3.05) is 12.3 Å². The Morgan fingerprint density at radius 3 is 2.83 bits per heavy atom. The largest absolute Gasteiger partial charge is 0.384 e. The number of pyridine rings is 1. The van der Waals surface area contributed by atoms with Gasteiger partial charge in [0.05, 0.1) is 0 Å². The second-order valence-corrected chi connectivity index (χ2v) is 5.35. The highest BCUT2D eigenvalue weighted by atomic mass is 16.1. The summed E-state index contributed by atoms with van der Waals surface area (Å²) in [6.07, 6.45) is 3.72. The highest BCUT2D eigenvalue weighted by Crippen LogP contribution is 2.31. The number of nitrogens with one attached hydrogen (secondary N) is 1. The fraction of sp³-hybridized carbons (Fsp3) is 0.571. The standard InChI is InChI=1S/C14H21N3O/c1-9(2)12-7-11(8-13(15)17-12)14(18)16-6-5-10-3-4-10/h7-10H,3-6H2,1-2H3,(H2,15,17)(H,16,18). The lowest BCUT2D eigenvalue weighted by Gasteiger charge is -2.09. The molecule has 2 rings (SSSR count). The third-order valence-electron chi connectivity index (χ3n) is 3.25. The van der Waals surface area contributed by atoms with Crippen LogP contribution in [0, 0.1) is 5.92 Å². The van der Waals surface area contributed by atoms with E-state index in [4.69, 9.17) is 5.73 Å². The van der Waals surface area contributed by atoms with Gasteiger partial charge >= 0.3 is 0 Å². The number of nitrogens with zero attached hydrogens (tertiary/aromatic N) is 1. The van der Waals surface area contributed by atoms with Crippen molar-refractivity contribution in [3.63, 3.8) is 0 Å². The predicted molar refractivity (Wildman–Crippen MR) is 72.4 cm³/mol. The zero-order valence-electron chi connectivity index (χ0n) is 11.1. The van der Waals surface area contributed by atoms with Crippen LogP contribution in [0.5, 0.6) is 0 Å². The summed E-state index contributed by atoms with van der Waals surface area (Å²) < 4.78 is 0. The molecule has 0 bridgehead atoms. The van der Waals surface area contributed by atoms with Crippen LogP contribution < -0.4 is 11.1 Å². The quantitative estimate of drug-likeness (QED) is 0.839. The summed E-state index contributed by atoms with van der Waals surface area (Å²) in [6.45, 7) is 4.83. The molecular formula is C14H21N3O. The van der Waals surface area contributed by atoms with Crippen molar-refractivity contribution in [3.05, 3.63) is 23.4 Å². The number of carbonyl (C=O) groups is 1. The molecule has 3 N–H and O–H groups in total. The molecule has 1 aliphatic rings. The first kappa shape index (κ1) is 12.9. The normalized spacial score (nSPS) is 14.8. The van der Waals surface area contributed by atoms with Crippen molar-refractivity contribution < 1.29 is 4.79 Å². The molecule has 1 aliphatic carbocycles. The van der Waals surface area contributed by atoms with Gasteiger partial charge in [-0.15, -0.1) is 0 Å². The third kappa shape index (κ3) is 3.45. The highest BCUT2D eigenvalue weighted by molar-refractivity contribution is 5.94. The van der Waals surface area contributed by atoms with Crippen LogP contribution in [-0.4, -0.2) is 17.4 Å². The number of anilines is 1. The van der Waals surface area contributed by atoms with E-state index in [2.05, 4.69) is 10.3 Å². The number of carbonyl (C=O) groups excluding carboxylic acids is 1. The van der Waals surface area contributed by atoms with Crippen LogP contribution >= 0.6 is 0 Å². The summed E-state index contributed by atoms with van der Waals surface area (Å²) >= 11 is 0.